The Hall–Kier alpha value is -1.52. The molecule has 14 heavy (non-hydrogen) atoms. The molecular weight excluding hydrogens is 180 g/mol. The quantitative estimate of drug-likeness (QED) is 0.285. The molecular formula is C9H16N4O. The van der Waals surface area contributed by atoms with Gasteiger partial charge in [-0.1, -0.05) is 12.8 Å². The average molecular weight is 196 g/mol. The molecule has 0 saturated heterocycles. The van der Waals surface area contributed by atoms with Crippen molar-refractivity contribution in [2.45, 2.75) is 31.7 Å². The van der Waals surface area contributed by atoms with Crippen molar-refractivity contribution in [3.63, 3.8) is 0 Å². The number of rotatable bonds is 4. The van der Waals surface area contributed by atoms with E-state index in [1.54, 1.807) is 0 Å². The molecule has 1 amide bonds. The van der Waals surface area contributed by atoms with Crippen molar-refractivity contribution >= 4 is 11.7 Å². The lowest BCUT2D eigenvalue weighted by Gasteiger charge is -2.09. The molecule has 1 fully saturated rings. The molecule has 0 unspecified atom stereocenters. The van der Waals surface area contributed by atoms with Crippen LogP contribution in [0.5, 0.6) is 0 Å². The maximum Gasteiger partial charge on any atom is 0.253 e. The fourth-order valence-electron chi connectivity index (χ4n) is 1.58. The summed E-state index contributed by atoms with van der Waals surface area (Å²) in [6.45, 7) is 0. The molecule has 0 atom stereocenters. The molecule has 1 rings (SSSR count). The maximum atomic E-state index is 10.8. The molecule has 5 nitrogen and oxygen atoms in total. The molecule has 0 heterocycles. The van der Waals surface area contributed by atoms with E-state index in [9.17, 15) is 4.79 Å². The van der Waals surface area contributed by atoms with Gasteiger partial charge in [0.25, 0.3) is 5.91 Å². The van der Waals surface area contributed by atoms with Crippen molar-refractivity contribution < 1.29 is 4.79 Å². The van der Waals surface area contributed by atoms with Crippen molar-refractivity contribution in [3.8, 4) is 0 Å². The Morgan fingerprint density at radius 1 is 1.36 bits per heavy atom. The van der Waals surface area contributed by atoms with Crippen LogP contribution in [-0.4, -0.2) is 17.8 Å². The second-order valence-corrected chi connectivity index (χ2v) is 3.48. The zero-order valence-corrected chi connectivity index (χ0v) is 8.05. The van der Waals surface area contributed by atoms with Crippen LogP contribution in [-0.2, 0) is 4.79 Å². The van der Waals surface area contributed by atoms with Crippen LogP contribution < -0.4 is 16.8 Å². The van der Waals surface area contributed by atoms with Gasteiger partial charge in [-0.25, -0.2) is 0 Å². The van der Waals surface area contributed by atoms with Gasteiger partial charge >= 0.3 is 0 Å². The van der Waals surface area contributed by atoms with Gasteiger partial charge in [0.05, 0.1) is 5.57 Å². The zero-order chi connectivity index (χ0) is 10.6. The molecule has 1 saturated carbocycles. The standard InChI is InChI=1S/C9H16N4O/c10-8(11)7(9(12)14)5-13-6-3-1-2-4-6/h5-6,13H,1-4H2,(H3,10,11)(H2,12,14)/b7-5+. The van der Waals surface area contributed by atoms with Crippen molar-refractivity contribution in [2.75, 3.05) is 0 Å². The first-order valence-corrected chi connectivity index (χ1v) is 4.71. The number of amides is 1. The van der Waals surface area contributed by atoms with Crippen LogP contribution in [0.4, 0.5) is 0 Å². The molecule has 78 valence electrons. The fraction of sp³-hybridized carbons (Fsp3) is 0.556. The van der Waals surface area contributed by atoms with Crippen molar-refractivity contribution in [2.24, 2.45) is 11.5 Å². The minimum absolute atomic E-state index is 0.0527. The summed E-state index contributed by atoms with van der Waals surface area (Å²) >= 11 is 0. The summed E-state index contributed by atoms with van der Waals surface area (Å²) in [5, 5.41) is 10.2. The monoisotopic (exact) mass is 196 g/mol. The van der Waals surface area contributed by atoms with Crippen LogP contribution in [0.2, 0.25) is 0 Å². The summed E-state index contributed by atoms with van der Waals surface area (Å²) < 4.78 is 0. The van der Waals surface area contributed by atoms with E-state index in [4.69, 9.17) is 16.9 Å². The number of hydrogen-bond acceptors (Lipinski definition) is 3. The molecule has 6 N–H and O–H groups in total. The Morgan fingerprint density at radius 3 is 2.36 bits per heavy atom. The lowest BCUT2D eigenvalue weighted by molar-refractivity contribution is -0.114. The number of carbonyl (C=O) groups is 1. The van der Waals surface area contributed by atoms with E-state index in [1.165, 1.54) is 19.0 Å². The Kier molecular flexibility index (Phi) is 3.50. The smallest absolute Gasteiger partial charge is 0.253 e. The molecule has 5 heteroatoms. The Morgan fingerprint density at radius 2 is 1.93 bits per heavy atom. The van der Waals surface area contributed by atoms with E-state index < -0.39 is 5.91 Å². The van der Waals surface area contributed by atoms with E-state index >= 15 is 0 Å². The third-order valence-corrected chi connectivity index (χ3v) is 2.37. The molecule has 0 aliphatic heterocycles. The van der Waals surface area contributed by atoms with Crippen LogP contribution >= 0.6 is 0 Å². The number of amidine groups is 1. The third kappa shape index (κ3) is 2.76. The fourth-order valence-corrected chi connectivity index (χ4v) is 1.58. The molecule has 1 aliphatic carbocycles. The van der Waals surface area contributed by atoms with Gasteiger partial charge in [0.1, 0.15) is 5.84 Å². The number of carbonyl (C=O) groups excluding carboxylic acids is 1. The van der Waals surface area contributed by atoms with Gasteiger partial charge in [-0.2, -0.15) is 0 Å². The van der Waals surface area contributed by atoms with E-state index in [0.717, 1.165) is 12.8 Å². The lowest BCUT2D eigenvalue weighted by atomic mass is 10.2. The SMILES string of the molecule is N=C(N)/C(=C\NC1CCCC1)C(N)=O. The van der Waals surface area contributed by atoms with Crippen molar-refractivity contribution in [1.82, 2.24) is 5.32 Å². The average Bonchev–Trinajstić information content (AvgIpc) is 2.55. The van der Waals surface area contributed by atoms with Crippen LogP contribution in [0.15, 0.2) is 11.8 Å². The van der Waals surface area contributed by atoms with Gasteiger partial charge in [-0.05, 0) is 12.8 Å². The van der Waals surface area contributed by atoms with Gasteiger partial charge in [0.15, 0.2) is 0 Å². The van der Waals surface area contributed by atoms with Crippen molar-refractivity contribution in [3.05, 3.63) is 11.8 Å². The minimum atomic E-state index is -0.664. The first-order chi connectivity index (χ1) is 6.61. The second-order valence-electron chi connectivity index (χ2n) is 3.48. The van der Waals surface area contributed by atoms with Crippen LogP contribution in [0.1, 0.15) is 25.7 Å². The summed E-state index contributed by atoms with van der Waals surface area (Å²) in [5.74, 6) is -0.953. The summed E-state index contributed by atoms with van der Waals surface area (Å²) in [6.07, 6.45) is 6.07. The largest absolute Gasteiger partial charge is 0.387 e. The maximum absolute atomic E-state index is 10.8. The van der Waals surface area contributed by atoms with Crippen LogP contribution in [0.3, 0.4) is 0 Å². The first-order valence-electron chi connectivity index (χ1n) is 4.71. The highest BCUT2D eigenvalue weighted by atomic mass is 16.1. The van der Waals surface area contributed by atoms with E-state index in [2.05, 4.69) is 5.32 Å². The minimum Gasteiger partial charge on any atom is -0.387 e. The highest BCUT2D eigenvalue weighted by molar-refractivity contribution is 6.18. The first kappa shape index (κ1) is 10.6. The van der Waals surface area contributed by atoms with Crippen molar-refractivity contribution in [1.29, 1.82) is 5.41 Å². The van der Waals surface area contributed by atoms with Crippen LogP contribution in [0.25, 0.3) is 0 Å². The van der Waals surface area contributed by atoms with Gasteiger partial charge in [0, 0.05) is 12.2 Å². The van der Waals surface area contributed by atoms with Gasteiger partial charge < -0.3 is 16.8 Å². The summed E-state index contributed by atoms with van der Waals surface area (Å²) in [4.78, 5) is 10.8. The summed E-state index contributed by atoms with van der Waals surface area (Å²) in [6, 6.07) is 0.392. The topological polar surface area (TPSA) is 105 Å². The number of nitrogens with one attached hydrogen (secondary N) is 2. The van der Waals surface area contributed by atoms with Gasteiger partial charge in [0.2, 0.25) is 0 Å². The Balaban J connectivity index is 2.54. The highest BCUT2D eigenvalue weighted by Gasteiger charge is 2.14. The molecule has 1 aliphatic rings. The molecule has 0 spiro atoms. The summed E-state index contributed by atoms with van der Waals surface area (Å²) in [5.41, 5.74) is 10.3. The Bertz CT molecular complexity index is 250. The number of primary amides is 1. The van der Waals surface area contributed by atoms with E-state index in [-0.39, 0.29) is 11.4 Å². The summed E-state index contributed by atoms with van der Waals surface area (Å²) in [7, 11) is 0. The van der Waals surface area contributed by atoms with Gasteiger partial charge in [-0.3, -0.25) is 10.2 Å². The molecule has 0 aromatic carbocycles. The molecule has 0 aromatic heterocycles. The third-order valence-electron chi connectivity index (χ3n) is 2.37. The highest BCUT2D eigenvalue weighted by Crippen LogP contribution is 2.17. The predicted molar refractivity (Wildman–Crippen MR) is 54.6 cm³/mol. The van der Waals surface area contributed by atoms with Crippen LogP contribution in [0, 0.1) is 5.41 Å². The number of hydrogen-bond donors (Lipinski definition) is 4. The second kappa shape index (κ2) is 4.64. The Labute approximate surface area is 83.0 Å². The predicted octanol–water partition coefficient (Wildman–Crippen LogP) is -0.176. The zero-order valence-electron chi connectivity index (χ0n) is 8.05. The molecule has 0 aromatic rings. The molecule has 0 radical (unpaired) electrons. The normalized spacial score (nSPS) is 18.1. The van der Waals surface area contributed by atoms with Gasteiger partial charge in [-0.15, -0.1) is 0 Å². The number of nitrogens with two attached hydrogens (primary N) is 2. The van der Waals surface area contributed by atoms with E-state index in [0.29, 0.717) is 6.04 Å². The molecule has 0 bridgehead atoms. The lowest BCUT2D eigenvalue weighted by Crippen LogP contribution is -2.29. The van der Waals surface area contributed by atoms with E-state index in [1.807, 2.05) is 0 Å².